The maximum absolute atomic E-state index is 4.23. The molecule has 1 fully saturated rings. The molecule has 0 aromatic carbocycles. The molecule has 0 unspecified atom stereocenters. The fourth-order valence-electron chi connectivity index (χ4n) is 2.46. The molecular weight excluding hydrogens is 264 g/mol. The monoisotopic (exact) mass is 282 g/mol. The molecule has 1 aromatic heterocycles. The highest BCUT2D eigenvalue weighted by Crippen LogP contribution is 2.26. The van der Waals surface area contributed by atoms with Gasteiger partial charge >= 0.3 is 0 Å². The van der Waals surface area contributed by atoms with Gasteiger partial charge in [-0.15, -0.1) is 0 Å². The van der Waals surface area contributed by atoms with Gasteiger partial charge in [-0.1, -0.05) is 19.8 Å². The minimum absolute atomic E-state index is 0.946. The Morgan fingerprint density at radius 3 is 2.75 bits per heavy atom. The van der Waals surface area contributed by atoms with Gasteiger partial charge in [-0.25, -0.2) is 0 Å². The smallest absolute Gasteiger partial charge is 0.0564 e. The normalized spacial score (nSPS) is 17.8. The van der Waals surface area contributed by atoms with Gasteiger partial charge in [0.05, 0.1) is 11.9 Å². The third kappa shape index (κ3) is 2.97. The van der Waals surface area contributed by atoms with Crippen molar-refractivity contribution in [1.29, 1.82) is 0 Å². The molecule has 3 heteroatoms. The largest absolute Gasteiger partial charge is 0.370 e. The summed E-state index contributed by atoms with van der Waals surface area (Å²) in [6, 6.07) is 2.16. The highest BCUT2D eigenvalue weighted by molar-refractivity contribution is 9.10. The van der Waals surface area contributed by atoms with E-state index in [0.29, 0.717) is 0 Å². The van der Waals surface area contributed by atoms with E-state index in [1.807, 2.05) is 12.4 Å². The van der Waals surface area contributed by atoms with E-state index in [4.69, 9.17) is 0 Å². The Kier molecular flexibility index (Phi) is 4.22. The second-order valence-electron chi connectivity index (χ2n) is 4.58. The van der Waals surface area contributed by atoms with Crippen molar-refractivity contribution in [3.8, 4) is 0 Å². The second kappa shape index (κ2) is 5.67. The van der Waals surface area contributed by atoms with E-state index in [9.17, 15) is 0 Å². The van der Waals surface area contributed by atoms with E-state index < -0.39 is 0 Å². The molecular formula is C13H19BrN2. The van der Waals surface area contributed by atoms with E-state index in [1.165, 1.54) is 44.5 Å². The first kappa shape index (κ1) is 11.9. The maximum atomic E-state index is 4.23. The number of anilines is 1. The van der Waals surface area contributed by atoms with E-state index in [0.717, 1.165) is 10.4 Å². The summed E-state index contributed by atoms with van der Waals surface area (Å²) in [4.78, 5) is 6.67. The molecule has 0 aliphatic carbocycles. The van der Waals surface area contributed by atoms with Gasteiger partial charge in [0.25, 0.3) is 0 Å². The van der Waals surface area contributed by atoms with Crippen molar-refractivity contribution in [1.82, 2.24) is 4.98 Å². The Labute approximate surface area is 106 Å². The lowest BCUT2D eigenvalue weighted by molar-refractivity contribution is 0.378. The summed E-state index contributed by atoms with van der Waals surface area (Å²) in [6.07, 6.45) is 9.19. The SMILES string of the molecule is CCCC1CCN(c2cncc(Br)c2)CC1. The number of hydrogen-bond donors (Lipinski definition) is 0. The zero-order valence-electron chi connectivity index (χ0n) is 9.82. The highest BCUT2D eigenvalue weighted by Gasteiger charge is 2.18. The minimum Gasteiger partial charge on any atom is -0.370 e. The van der Waals surface area contributed by atoms with E-state index in [2.05, 4.69) is 38.8 Å². The molecule has 16 heavy (non-hydrogen) atoms. The topological polar surface area (TPSA) is 16.1 Å². The standard InChI is InChI=1S/C13H19BrN2/c1-2-3-11-4-6-16(7-5-11)13-8-12(14)9-15-10-13/h8-11H,2-7H2,1H3. The Balaban J connectivity index is 1.94. The van der Waals surface area contributed by atoms with Gasteiger partial charge in [0.2, 0.25) is 0 Å². The summed E-state index contributed by atoms with van der Waals surface area (Å²) in [6.45, 7) is 4.65. The first-order valence-electron chi connectivity index (χ1n) is 6.15. The number of piperidine rings is 1. The quantitative estimate of drug-likeness (QED) is 0.837. The highest BCUT2D eigenvalue weighted by atomic mass is 79.9. The molecule has 2 rings (SSSR count). The number of halogens is 1. The lowest BCUT2D eigenvalue weighted by Crippen LogP contribution is -2.33. The van der Waals surface area contributed by atoms with Gasteiger partial charge in [0, 0.05) is 23.8 Å². The van der Waals surface area contributed by atoms with Crippen LogP contribution < -0.4 is 4.90 Å². The number of aromatic nitrogens is 1. The zero-order valence-corrected chi connectivity index (χ0v) is 11.4. The summed E-state index contributed by atoms with van der Waals surface area (Å²) in [7, 11) is 0. The molecule has 88 valence electrons. The average molecular weight is 283 g/mol. The Morgan fingerprint density at radius 2 is 2.12 bits per heavy atom. The van der Waals surface area contributed by atoms with E-state index in [-0.39, 0.29) is 0 Å². The van der Waals surface area contributed by atoms with Crippen LogP contribution >= 0.6 is 15.9 Å². The van der Waals surface area contributed by atoms with Crippen molar-refractivity contribution < 1.29 is 0 Å². The molecule has 1 aliphatic rings. The Hall–Kier alpha value is -0.570. The van der Waals surface area contributed by atoms with Crippen LogP contribution in [0, 0.1) is 5.92 Å². The first-order valence-corrected chi connectivity index (χ1v) is 6.94. The Bertz CT molecular complexity index is 332. The maximum Gasteiger partial charge on any atom is 0.0564 e. The van der Waals surface area contributed by atoms with Crippen LogP contribution in [0.15, 0.2) is 22.9 Å². The van der Waals surface area contributed by atoms with Gasteiger partial charge in [-0.05, 0) is 40.8 Å². The van der Waals surface area contributed by atoms with Crippen LogP contribution in [-0.2, 0) is 0 Å². The van der Waals surface area contributed by atoms with Crippen molar-refractivity contribution in [2.75, 3.05) is 18.0 Å². The van der Waals surface area contributed by atoms with Crippen LogP contribution in [0.2, 0.25) is 0 Å². The predicted octanol–water partition coefficient (Wildman–Crippen LogP) is 3.86. The van der Waals surface area contributed by atoms with Crippen molar-refractivity contribution in [3.63, 3.8) is 0 Å². The summed E-state index contributed by atoms with van der Waals surface area (Å²) in [5.74, 6) is 0.946. The fraction of sp³-hybridized carbons (Fsp3) is 0.615. The fourth-order valence-corrected chi connectivity index (χ4v) is 2.81. The van der Waals surface area contributed by atoms with Crippen LogP contribution in [0.25, 0.3) is 0 Å². The van der Waals surface area contributed by atoms with Crippen molar-refractivity contribution >= 4 is 21.6 Å². The molecule has 1 aliphatic heterocycles. The van der Waals surface area contributed by atoms with Crippen molar-refractivity contribution in [2.45, 2.75) is 32.6 Å². The third-order valence-electron chi connectivity index (χ3n) is 3.37. The van der Waals surface area contributed by atoms with E-state index in [1.54, 1.807) is 0 Å². The summed E-state index contributed by atoms with van der Waals surface area (Å²) in [5.41, 5.74) is 1.25. The third-order valence-corrected chi connectivity index (χ3v) is 3.80. The number of hydrogen-bond acceptors (Lipinski definition) is 2. The van der Waals surface area contributed by atoms with Crippen LogP contribution in [0.4, 0.5) is 5.69 Å². The molecule has 0 spiro atoms. The lowest BCUT2D eigenvalue weighted by Gasteiger charge is -2.33. The molecule has 0 radical (unpaired) electrons. The van der Waals surface area contributed by atoms with Gasteiger partial charge in [0.1, 0.15) is 0 Å². The predicted molar refractivity (Wildman–Crippen MR) is 71.8 cm³/mol. The lowest BCUT2D eigenvalue weighted by atomic mass is 9.92. The molecule has 0 saturated carbocycles. The minimum atomic E-state index is 0.946. The summed E-state index contributed by atoms with van der Waals surface area (Å²) < 4.78 is 1.07. The van der Waals surface area contributed by atoms with Crippen LogP contribution in [0.1, 0.15) is 32.6 Å². The second-order valence-corrected chi connectivity index (χ2v) is 5.50. The van der Waals surface area contributed by atoms with Crippen molar-refractivity contribution in [2.24, 2.45) is 5.92 Å². The number of nitrogens with zero attached hydrogens (tertiary/aromatic N) is 2. The van der Waals surface area contributed by atoms with Crippen LogP contribution in [0.5, 0.6) is 0 Å². The average Bonchev–Trinajstić information content (AvgIpc) is 2.30. The van der Waals surface area contributed by atoms with Crippen LogP contribution in [-0.4, -0.2) is 18.1 Å². The molecule has 1 saturated heterocycles. The molecule has 0 atom stereocenters. The Morgan fingerprint density at radius 1 is 1.38 bits per heavy atom. The zero-order chi connectivity index (χ0) is 11.4. The number of pyridine rings is 1. The summed E-state index contributed by atoms with van der Waals surface area (Å²) >= 11 is 3.48. The molecule has 0 N–H and O–H groups in total. The van der Waals surface area contributed by atoms with Gasteiger partial charge in [0.15, 0.2) is 0 Å². The number of rotatable bonds is 3. The molecule has 0 bridgehead atoms. The van der Waals surface area contributed by atoms with Gasteiger partial charge in [-0.3, -0.25) is 4.98 Å². The first-order chi connectivity index (χ1) is 7.79. The van der Waals surface area contributed by atoms with Gasteiger partial charge < -0.3 is 4.90 Å². The molecule has 0 amide bonds. The van der Waals surface area contributed by atoms with Crippen molar-refractivity contribution in [3.05, 3.63) is 22.9 Å². The molecule has 2 nitrogen and oxygen atoms in total. The van der Waals surface area contributed by atoms with Gasteiger partial charge in [-0.2, -0.15) is 0 Å². The molecule has 1 aromatic rings. The summed E-state index contributed by atoms with van der Waals surface area (Å²) in [5, 5.41) is 0. The molecule has 2 heterocycles. The van der Waals surface area contributed by atoms with Crippen LogP contribution in [0.3, 0.4) is 0 Å². The van der Waals surface area contributed by atoms with E-state index >= 15 is 0 Å².